The average Bonchev–Trinajstić information content (AvgIpc) is 2.18. The van der Waals surface area contributed by atoms with Gasteiger partial charge in [0.2, 0.25) is 0 Å². The van der Waals surface area contributed by atoms with Gasteiger partial charge in [0.15, 0.2) is 5.78 Å². The van der Waals surface area contributed by atoms with Crippen LogP contribution in [0.1, 0.15) is 17.3 Å². The fourth-order valence-corrected chi connectivity index (χ4v) is 1.48. The molecule has 0 aliphatic carbocycles. The number of ketones is 1. The zero-order chi connectivity index (χ0) is 9.68. The molecule has 0 saturated carbocycles. The summed E-state index contributed by atoms with van der Waals surface area (Å²) in [4.78, 5) is 12.5. The van der Waals surface area contributed by atoms with E-state index in [9.17, 15) is 4.79 Å². The third-order valence-electron chi connectivity index (χ3n) is 1.67. The number of hydrogen-bond donors (Lipinski definition) is 0. The molecule has 0 aliphatic rings. The SMILES string of the molecule is CC=CC(=O)c1cccc(SC)c1. The molecule has 13 heavy (non-hydrogen) atoms. The minimum Gasteiger partial charge on any atom is -0.289 e. The summed E-state index contributed by atoms with van der Waals surface area (Å²) in [6, 6.07) is 7.65. The van der Waals surface area contributed by atoms with Gasteiger partial charge in [-0.3, -0.25) is 4.79 Å². The molecule has 1 aromatic carbocycles. The van der Waals surface area contributed by atoms with Crippen molar-refractivity contribution in [3.8, 4) is 0 Å². The maximum atomic E-state index is 11.4. The van der Waals surface area contributed by atoms with Crippen LogP contribution in [0, 0.1) is 0 Å². The molecule has 68 valence electrons. The first-order valence-corrected chi connectivity index (χ1v) is 5.31. The van der Waals surface area contributed by atoms with Crippen molar-refractivity contribution >= 4 is 17.5 Å². The van der Waals surface area contributed by atoms with Gasteiger partial charge in [0.05, 0.1) is 0 Å². The van der Waals surface area contributed by atoms with E-state index in [1.165, 1.54) is 0 Å². The standard InChI is InChI=1S/C11H12OS/c1-3-5-11(12)9-6-4-7-10(8-9)13-2/h3-8H,1-2H3. The van der Waals surface area contributed by atoms with E-state index in [1.807, 2.05) is 37.4 Å². The second-order valence-corrected chi connectivity index (χ2v) is 3.48. The zero-order valence-corrected chi connectivity index (χ0v) is 8.60. The molecule has 1 aromatic rings. The van der Waals surface area contributed by atoms with Crippen LogP contribution in [-0.2, 0) is 0 Å². The molecular formula is C11H12OS. The van der Waals surface area contributed by atoms with Crippen molar-refractivity contribution in [1.29, 1.82) is 0 Å². The normalized spacial score (nSPS) is 10.6. The molecule has 0 bridgehead atoms. The Labute approximate surface area is 82.9 Å². The Morgan fingerprint density at radius 3 is 2.85 bits per heavy atom. The molecule has 0 N–H and O–H groups in total. The van der Waals surface area contributed by atoms with Crippen LogP contribution < -0.4 is 0 Å². The highest BCUT2D eigenvalue weighted by molar-refractivity contribution is 7.98. The molecule has 0 heterocycles. The molecule has 0 spiro atoms. The molecule has 1 nitrogen and oxygen atoms in total. The van der Waals surface area contributed by atoms with Gasteiger partial charge in [-0.1, -0.05) is 18.2 Å². The highest BCUT2D eigenvalue weighted by atomic mass is 32.2. The number of thioether (sulfide) groups is 1. The lowest BCUT2D eigenvalue weighted by Crippen LogP contribution is -1.93. The lowest BCUT2D eigenvalue weighted by Gasteiger charge is -1.98. The Hall–Kier alpha value is -1.02. The van der Waals surface area contributed by atoms with E-state index >= 15 is 0 Å². The van der Waals surface area contributed by atoms with E-state index in [0.717, 1.165) is 10.5 Å². The van der Waals surface area contributed by atoms with Crippen molar-refractivity contribution in [1.82, 2.24) is 0 Å². The summed E-state index contributed by atoms with van der Waals surface area (Å²) in [6.07, 6.45) is 5.34. The van der Waals surface area contributed by atoms with Crippen LogP contribution in [0.25, 0.3) is 0 Å². The first-order valence-electron chi connectivity index (χ1n) is 4.09. The van der Waals surface area contributed by atoms with Crippen molar-refractivity contribution in [3.63, 3.8) is 0 Å². The lowest BCUT2D eigenvalue weighted by atomic mass is 10.1. The number of allylic oxidation sites excluding steroid dienone is 2. The summed E-state index contributed by atoms with van der Waals surface area (Å²) >= 11 is 1.64. The van der Waals surface area contributed by atoms with Crippen molar-refractivity contribution in [2.24, 2.45) is 0 Å². The summed E-state index contributed by atoms with van der Waals surface area (Å²) in [5.74, 6) is 0.0680. The Morgan fingerprint density at radius 2 is 2.23 bits per heavy atom. The minimum atomic E-state index is 0.0680. The van der Waals surface area contributed by atoms with Crippen molar-refractivity contribution in [2.45, 2.75) is 11.8 Å². The van der Waals surface area contributed by atoms with Crippen LogP contribution in [0.2, 0.25) is 0 Å². The fourth-order valence-electron chi connectivity index (χ4n) is 1.02. The van der Waals surface area contributed by atoms with Gasteiger partial charge in [-0.2, -0.15) is 0 Å². The quantitative estimate of drug-likeness (QED) is 0.415. The summed E-state index contributed by atoms with van der Waals surface area (Å²) in [7, 11) is 0. The number of benzene rings is 1. The Kier molecular flexibility index (Phi) is 3.77. The monoisotopic (exact) mass is 192 g/mol. The summed E-state index contributed by atoms with van der Waals surface area (Å²) in [5, 5.41) is 0. The first kappa shape index (κ1) is 10.1. The molecule has 0 amide bonds. The van der Waals surface area contributed by atoms with Crippen LogP contribution in [0.3, 0.4) is 0 Å². The maximum absolute atomic E-state index is 11.4. The molecule has 0 aliphatic heterocycles. The van der Waals surface area contributed by atoms with E-state index in [1.54, 1.807) is 23.9 Å². The average molecular weight is 192 g/mol. The van der Waals surface area contributed by atoms with Crippen molar-refractivity contribution in [3.05, 3.63) is 42.0 Å². The largest absolute Gasteiger partial charge is 0.289 e. The van der Waals surface area contributed by atoms with Gasteiger partial charge in [0, 0.05) is 10.5 Å². The first-order chi connectivity index (χ1) is 6.27. The minimum absolute atomic E-state index is 0.0680. The molecule has 0 atom stereocenters. The maximum Gasteiger partial charge on any atom is 0.185 e. The molecular weight excluding hydrogens is 180 g/mol. The van der Waals surface area contributed by atoms with Gasteiger partial charge in [-0.15, -0.1) is 11.8 Å². The lowest BCUT2D eigenvalue weighted by molar-refractivity contribution is 0.104. The van der Waals surface area contributed by atoms with E-state index in [2.05, 4.69) is 0 Å². The number of hydrogen-bond acceptors (Lipinski definition) is 2. The topological polar surface area (TPSA) is 17.1 Å². The van der Waals surface area contributed by atoms with Gasteiger partial charge in [-0.25, -0.2) is 0 Å². The highest BCUT2D eigenvalue weighted by Crippen LogP contribution is 2.16. The van der Waals surface area contributed by atoms with E-state index in [0.29, 0.717) is 0 Å². The van der Waals surface area contributed by atoms with Gasteiger partial charge >= 0.3 is 0 Å². The van der Waals surface area contributed by atoms with Crippen LogP contribution in [-0.4, -0.2) is 12.0 Å². The summed E-state index contributed by atoms with van der Waals surface area (Å²) in [5.41, 5.74) is 0.755. The Morgan fingerprint density at radius 1 is 1.46 bits per heavy atom. The molecule has 0 unspecified atom stereocenters. The number of carbonyl (C=O) groups excluding carboxylic acids is 1. The van der Waals surface area contributed by atoms with Gasteiger partial charge in [0.25, 0.3) is 0 Å². The van der Waals surface area contributed by atoms with E-state index < -0.39 is 0 Å². The molecule has 0 fully saturated rings. The molecule has 0 saturated heterocycles. The van der Waals surface area contributed by atoms with Crippen LogP contribution >= 0.6 is 11.8 Å². The fraction of sp³-hybridized carbons (Fsp3) is 0.182. The van der Waals surface area contributed by atoms with Gasteiger partial charge in [0.1, 0.15) is 0 Å². The molecule has 0 radical (unpaired) electrons. The van der Waals surface area contributed by atoms with Crippen LogP contribution in [0.5, 0.6) is 0 Å². The van der Waals surface area contributed by atoms with E-state index in [4.69, 9.17) is 0 Å². The van der Waals surface area contributed by atoms with Crippen molar-refractivity contribution in [2.75, 3.05) is 6.26 Å². The van der Waals surface area contributed by atoms with E-state index in [-0.39, 0.29) is 5.78 Å². The second-order valence-electron chi connectivity index (χ2n) is 2.60. The smallest absolute Gasteiger partial charge is 0.185 e. The molecule has 1 rings (SSSR count). The Bertz CT molecular complexity index is 329. The zero-order valence-electron chi connectivity index (χ0n) is 7.78. The van der Waals surface area contributed by atoms with Crippen molar-refractivity contribution < 1.29 is 4.79 Å². The van der Waals surface area contributed by atoms with Crippen LogP contribution in [0.15, 0.2) is 41.3 Å². The third kappa shape index (κ3) is 2.74. The predicted octanol–water partition coefficient (Wildman–Crippen LogP) is 3.17. The molecule has 2 heteroatoms. The third-order valence-corrected chi connectivity index (χ3v) is 2.40. The number of rotatable bonds is 3. The predicted molar refractivity (Wildman–Crippen MR) is 57.4 cm³/mol. The molecule has 0 aromatic heterocycles. The summed E-state index contributed by atoms with van der Waals surface area (Å²) in [6.45, 7) is 1.84. The van der Waals surface area contributed by atoms with Gasteiger partial charge < -0.3 is 0 Å². The summed E-state index contributed by atoms with van der Waals surface area (Å²) < 4.78 is 0. The highest BCUT2D eigenvalue weighted by Gasteiger charge is 2.00. The van der Waals surface area contributed by atoms with Crippen LogP contribution in [0.4, 0.5) is 0 Å². The second kappa shape index (κ2) is 4.87. The van der Waals surface area contributed by atoms with Gasteiger partial charge in [-0.05, 0) is 31.4 Å². The number of carbonyl (C=O) groups is 1. The Balaban J connectivity index is 2.94.